The van der Waals surface area contributed by atoms with E-state index < -0.39 is 17.4 Å². The van der Waals surface area contributed by atoms with Crippen LogP contribution in [0.2, 0.25) is 0 Å². The van der Waals surface area contributed by atoms with Crippen LogP contribution in [0.1, 0.15) is 30.5 Å². The standard InChI is InChI=1S/C12H17F2N3O2/c1-7-8(2)16-17(3)9(7)15-10(18)12(13,14)11(19)5-4-6-11/h19H,4-6H2,1-3H3,(H,15,18). The molecule has 1 fully saturated rings. The summed E-state index contributed by atoms with van der Waals surface area (Å²) in [6, 6.07) is 0. The Morgan fingerprint density at radius 2 is 2.05 bits per heavy atom. The Balaban J connectivity index is 2.21. The van der Waals surface area contributed by atoms with Crippen LogP contribution in [0.4, 0.5) is 14.6 Å². The Morgan fingerprint density at radius 3 is 2.42 bits per heavy atom. The number of aromatic nitrogens is 2. The first kappa shape index (κ1) is 13.9. The summed E-state index contributed by atoms with van der Waals surface area (Å²) >= 11 is 0. The van der Waals surface area contributed by atoms with Crippen molar-refractivity contribution < 1.29 is 18.7 Å². The molecule has 1 aromatic heterocycles. The van der Waals surface area contributed by atoms with Gasteiger partial charge in [0.2, 0.25) is 0 Å². The molecule has 1 aliphatic carbocycles. The number of hydrogen-bond acceptors (Lipinski definition) is 3. The molecule has 1 heterocycles. The van der Waals surface area contributed by atoms with Crippen molar-refractivity contribution in [1.82, 2.24) is 9.78 Å². The van der Waals surface area contributed by atoms with E-state index in [1.54, 1.807) is 20.9 Å². The van der Waals surface area contributed by atoms with E-state index in [1.165, 1.54) is 4.68 Å². The minimum Gasteiger partial charge on any atom is -0.383 e. The molecule has 5 nitrogen and oxygen atoms in total. The number of anilines is 1. The van der Waals surface area contributed by atoms with Crippen molar-refractivity contribution in [3.05, 3.63) is 11.3 Å². The lowest BCUT2D eigenvalue weighted by Gasteiger charge is -2.41. The lowest BCUT2D eigenvalue weighted by molar-refractivity contribution is -0.212. The Hall–Kier alpha value is -1.50. The average molecular weight is 273 g/mol. The summed E-state index contributed by atoms with van der Waals surface area (Å²) < 4.78 is 29.2. The zero-order valence-corrected chi connectivity index (χ0v) is 11.1. The molecule has 1 aliphatic rings. The third-order valence-electron chi connectivity index (χ3n) is 3.80. The fraction of sp³-hybridized carbons (Fsp3) is 0.667. The first-order valence-electron chi connectivity index (χ1n) is 6.11. The van der Waals surface area contributed by atoms with E-state index in [1.807, 2.05) is 0 Å². The minimum absolute atomic E-state index is 0.0587. The first-order valence-corrected chi connectivity index (χ1v) is 6.11. The molecule has 106 valence electrons. The van der Waals surface area contributed by atoms with Crippen molar-refractivity contribution in [2.45, 2.75) is 44.6 Å². The van der Waals surface area contributed by atoms with Gasteiger partial charge in [0.05, 0.1) is 5.69 Å². The number of halogens is 2. The number of alkyl halides is 2. The molecular formula is C12H17F2N3O2. The fourth-order valence-corrected chi connectivity index (χ4v) is 2.16. The lowest BCUT2D eigenvalue weighted by Crippen LogP contribution is -2.59. The molecule has 7 heteroatoms. The smallest absolute Gasteiger partial charge is 0.352 e. The summed E-state index contributed by atoms with van der Waals surface area (Å²) in [6.07, 6.45) is 0.386. The van der Waals surface area contributed by atoms with E-state index in [2.05, 4.69) is 10.4 Å². The number of nitrogens with one attached hydrogen (secondary N) is 1. The molecule has 0 bridgehead atoms. The van der Waals surface area contributed by atoms with Gasteiger partial charge in [0.1, 0.15) is 11.4 Å². The summed E-state index contributed by atoms with van der Waals surface area (Å²) in [7, 11) is 1.56. The van der Waals surface area contributed by atoms with Crippen LogP contribution in [-0.2, 0) is 11.8 Å². The molecule has 0 saturated heterocycles. The third kappa shape index (κ3) is 2.01. The molecule has 0 atom stereocenters. The van der Waals surface area contributed by atoms with Gasteiger partial charge in [-0.3, -0.25) is 9.48 Å². The van der Waals surface area contributed by atoms with E-state index in [0.717, 1.165) is 0 Å². The lowest BCUT2D eigenvalue weighted by atomic mass is 9.75. The highest BCUT2D eigenvalue weighted by Gasteiger charge is 2.61. The van der Waals surface area contributed by atoms with Crippen LogP contribution in [0.25, 0.3) is 0 Å². The van der Waals surface area contributed by atoms with Gasteiger partial charge in [0.15, 0.2) is 0 Å². The molecule has 0 aliphatic heterocycles. The maximum Gasteiger partial charge on any atom is 0.352 e. The van der Waals surface area contributed by atoms with Crippen LogP contribution in [0.3, 0.4) is 0 Å². The second-order valence-electron chi connectivity index (χ2n) is 5.10. The van der Waals surface area contributed by atoms with E-state index in [-0.39, 0.29) is 18.7 Å². The van der Waals surface area contributed by atoms with Crippen LogP contribution in [0.5, 0.6) is 0 Å². The van der Waals surface area contributed by atoms with Crippen molar-refractivity contribution in [3.8, 4) is 0 Å². The van der Waals surface area contributed by atoms with Crippen LogP contribution in [0.15, 0.2) is 0 Å². The highest BCUT2D eigenvalue weighted by molar-refractivity contribution is 5.97. The van der Waals surface area contributed by atoms with Crippen molar-refractivity contribution in [2.75, 3.05) is 5.32 Å². The number of hydrogen-bond donors (Lipinski definition) is 2. The number of nitrogens with zero attached hydrogens (tertiary/aromatic N) is 2. The van der Waals surface area contributed by atoms with Crippen molar-refractivity contribution in [2.24, 2.45) is 7.05 Å². The summed E-state index contributed by atoms with van der Waals surface area (Å²) in [4.78, 5) is 11.7. The number of carbonyl (C=O) groups is 1. The van der Waals surface area contributed by atoms with Gasteiger partial charge in [-0.05, 0) is 33.1 Å². The second kappa shape index (κ2) is 4.26. The van der Waals surface area contributed by atoms with E-state index in [4.69, 9.17) is 0 Å². The fourth-order valence-electron chi connectivity index (χ4n) is 2.16. The Kier molecular flexibility index (Phi) is 3.12. The maximum absolute atomic E-state index is 13.9. The van der Waals surface area contributed by atoms with Gasteiger partial charge in [0, 0.05) is 12.6 Å². The molecule has 2 rings (SSSR count). The molecule has 0 unspecified atom stereocenters. The van der Waals surface area contributed by atoms with Crippen LogP contribution >= 0.6 is 0 Å². The highest BCUT2D eigenvalue weighted by atomic mass is 19.3. The van der Waals surface area contributed by atoms with Gasteiger partial charge in [-0.25, -0.2) is 0 Å². The van der Waals surface area contributed by atoms with Crippen molar-refractivity contribution in [1.29, 1.82) is 0 Å². The normalized spacial score (nSPS) is 18.0. The van der Waals surface area contributed by atoms with E-state index in [0.29, 0.717) is 17.7 Å². The van der Waals surface area contributed by atoms with Gasteiger partial charge in [0.25, 0.3) is 5.91 Å². The van der Waals surface area contributed by atoms with Gasteiger partial charge in [-0.15, -0.1) is 0 Å². The predicted octanol–water partition coefficient (Wildman–Crippen LogP) is 1.53. The zero-order chi connectivity index (χ0) is 14.4. The summed E-state index contributed by atoms with van der Waals surface area (Å²) in [6.45, 7) is 3.41. The molecular weight excluding hydrogens is 256 g/mol. The van der Waals surface area contributed by atoms with Crippen molar-refractivity contribution >= 4 is 11.7 Å². The highest BCUT2D eigenvalue weighted by Crippen LogP contribution is 2.44. The molecule has 19 heavy (non-hydrogen) atoms. The molecule has 0 radical (unpaired) electrons. The van der Waals surface area contributed by atoms with Gasteiger partial charge >= 0.3 is 5.92 Å². The van der Waals surface area contributed by atoms with Crippen LogP contribution < -0.4 is 5.32 Å². The summed E-state index contributed by atoms with van der Waals surface area (Å²) in [5.41, 5.74) is -0.922. The van der Waals surface area contributed by atoms with Crippen molar-refractivity contribution in [3.63, 3.8) is 0 Å². The molecule has 1 aromatic rings. The summed E-state index contributed by atoms with van der Waals surface area (Å²) in [5.74, 6) is -5.05. The Labute approximate surface area is 109 Å². The Morgan fingerprint density at radius 1 is 1.47 bits per heavy atom. The number of rotatable bonds is 3. The SMILES string of the molecule is Cc1nn(C)c(NC(=O)C(F)(F)C2(O)CCC2)c1C. The number of aliphatic hydroxyl groups is 1. The molecule has 2 N–H and O–H groups in total. The zero-order valence-electron chi connectivity index (χ0n) is 11.1. The minimum atomic E-state index is -3.80. The van der Waals surface area contributed by atoms with Gasteiger partial charge < -0.3 is 10.4 Å². The van der Waals surface area contributed by atoms with Gasteiger partial charge in [-0.1, -0.05) is 0 Å². The van der Waals surface area contributed by atoms with E-state index in [9.17, 15) is 18.7 Å². The average Bonchev–Trinajstić information content (AvgIpc) is 2.52. The third-order valence-corrected chi connectivity index (χ3v) is 3.80. The monoisotopic (exact) mass is 273 g/mol. The topological polar surface area (TPSA) is 67.2 Å². The summed E-state index contributed by atoms with van der Waals surface area (Å²) in [5, 5.41) is 15.9. The van der Waals surface area contributed by atoms with E-state index >= 15 is 0 Å². The number of carbonyl (C=O) groups excluding carboxylic acids is 1. The first-order chi connectivity index (χ1) is 8.69. The quantitative estimate of drug-likeness (QED) is 0.877. The van der Waals surface area contributed by atoms with Gasteiger partial charge in [-0.2, -0.15) is 13.9 Å². The Bertz CT molecular complexity index is 521. The number of amides is 1. The van der Waals surface area contributed by atoms with Crippen LogP contribution in [-0.4, -0.2) is 32.3 Å². The predicted molar refractivity (Wildman–Crippen MR) is 65.1 cm³/mol. The molecule has 1 saturated carbocycles. The molecule has 0 aromatic carbocycles. The number of aryl methyl sites for hydroxylation is 2. The molecule has 1 amide bonds. The largest absolute Gasteiger partial charge is 0.383 e. The maximum atomic E-state index is 13.9. The molecule has 0 spiro atoms. The second-order valence-corrected chi connectivity index (χ2v) is 5.10. The van der Waals surface area contributed by atoms with Crippen LogP contribution in [0, 0.1) is 13.8 Å².